The van der Waals surface area contributed by atoms with Gasteiger partial charge in [0.15, 0.2) is 0 Å². The molecule has 0 fully saturated rings. The number of nitrogens with one attached hydrogen (secondary N) is 1. The van der Waals surface area contributed by atoms with E-state index in [9.17, 15) is 0 Å². The summed E-state index contributed by atoms with van der Waals surface area (Å²) < 4.78 is 0. The topological polar surface area (TPSA) is 29.1 Å². The summed E-state index contributed by atoms with van der Waals surface area (Å²) in [5, 5.41) is 2.31. The smallest absolute Gasteiger partial charge is 0.530 e. The first-order valence-electron chi connectivity index (χ1n) is 1.51. The van der Waals surface area contributed by atoms with Gasteiger partial charge in [0.2, 0.25) is 0 Å². The van der Waals surface area contributed by atoms with E-state index in [1.807, 2.05) is 6.92 Å². The van der Waals surface area contributed by atoms with Gasteiger partial charge in [-0.15, -0.1) is 0 Å². The van der Waals surface area contributed by atoms with E-state index in [1.165, 1.54) is 6.41 Å². The minimum absolute atomic E-state index is 0. The summed E-state index contributed by atoms with van der Waals surface area (Å²) >= 11 is 0. The number of rotatable bonds is 2. The molecule has 0 rings (SSSR count). The van der Waals surface area contributed by atoms with Crippen molar-refractivity contribution in [3.05, 3.63) is 7.43 Å². The molecular weight excluding hydrogens is 262 g/mol. The van der Waals surface area contributed by atoms with Gasteiger partial charge in [-0.3, -0.25) is 0 Å². The summed E-state index contributed by atoms with van der Waals surface area (Å²) in [7, 11) is 0. The summed E-state index contributed by atoms with van der Waals surface area (Å²) in [4.78, 5) is 9.17. The predicted molar refractivity (Wildman–Crippen MR) is 25.8 cm³/mol. The minimum Gasteiger partial charge on any atom is -0.530 e. The molecular formula is C4H9NOW. The molecule has 0 aromatic heterocycles. The Kier molecular flexibility index (Phi) is 36.8. The van der Waals surface area contributed by atoms with E-state index in [0.717, 1.165) is 0 Å². The van der Waals surface area contributed by atoms with Crippen LogP contribution in [0.25, 0.3) is 0 Å². The molecule has 0 heterocycles. The van der Waals surface area contributed by atoms with E-state index in [-0.39, 0.29) is 28.5 Å². The van der Waals surface area contributed by atoms with Crippen molar-refractivity contribution in [1.82, 2.24) is 5.32 Å². The molecule has 0 aliphatic rings. The van der Waals surface area contributed by atoms with Gasteiger partial charge in [0, 0.05) is 0 Å². The van der Waals surface area contributed by atoms with Crippen LogP contribution in [0.15, 0.2) is 0 Å². The van der Waals surface area contributed by atoms with Crippen LogP contribution in [0.4, 0.5) is 0 Å². The normalized spacial score (nSPS) is 4.71. The van der Waals surface area contributed by atoms with Crippen molar-refractivity contribution in [2.75, 3.05) is 6.54 Å². The van der Waals surface area contributed by atoms with Crippen LogP contribution in [0.3, 0.4) is 0 Å². The van der Waals surface area contributed by atoms with Crippen molar-refractivity contribution in [3.8, 4) is 0 Å². The van der Waals surface area contributed by atoms with Crippen LogP contribution < -0.4 is 5.32 Å². The maximum absolute atomic E-state index is 9.17. The Morgan fingerprint density at radius 1 is 1.71 bits per heavy atom. The molecule has 0 atom stereocenters. The van der Waals surface area contributed by atoms with Gasteiger partial charge >= 0.3 is 21.1 Å². The molecule has 0 aromatic carbocycles. The van der Waals surface area contributed by atoms with E-state index >= 15 is 0 Å². The van der Waals surface area contributed by atoms with Gasteiger partial charge in [0.1, 0.15) is 0 Å². The molecule has 0 bridgehead atoms. The third kappa shape index (κ3) is 22.9. The molecule has 0 unspecified atom stereocenters. The molecule has 0 spiro atoms. The van der Waals surface area contributed by atoms with E-state index < -0.39 is 0 Å². The van der Waals surface area contributed by atoms with Crippen LogP contribution in [0.2, 0.25) is 0 Å². The fraction of sp³-hybridized carbons (Fsp3) is 0.500. The SMILES string of the molecule is CCN[C-]=O.[CH3-].[W+2]. The molecule has 1 amide bonds. The predicted octanol–water partition coefficient (Wildman–Crippen LogP) is 0.111. The number of amides is 1. The number of hydrogen-bond acceptors (Lipinski definition) is 1. The molecule has 3 heteroatoms. The van der Waals surface area contributed by atoms with Crippen molar-refractivity contribution in [2.24, 2.45) is 0 Å². The number of hydrogen-bond donors (Lipinski definition) is 1. The van der Waals surface area contributed by atoms with Crippen LogP contribution >= 0.6 is 0 Å². The summed E-state index contributed by atoms with van der Waals surface area (Å²) in [6.45, 7) is 2.51. The monoisotopic (exact) mass is 271 g/mol. The Balaban J connectivity index is -0.0000000800. The van der Waals surface area contributed by atoms with Crippen molar-refractivity contribution >= 4 is 6.41 Å². The average Bonchev–Trinajstić information content (AvgIpc) is 1.41. The van der Waals surface area contributed by atoms with Crippen LogP contribution in [0.5, 0.6) is 0 Å². The minimum atomic E-state index is 0. The fourth-order valence-electron chi connectivity index (χ4n) is 0.0722. The molecule has 0 aromatic rings. The van der Waals surface area contributed by atoms with E-state index in [4.69, 9.17) is 4.79 Å². The molecule has 0 saturated carbocycles. The average molecular weight is 271 g/mol. The van der Waals surface area contributed by atoms with E-state index in [2.05, 4.69) is 5.32 Å². The Labute approximate surface area is 58.9 Å². The van der Waals surface area contributed by atoms with Gasteiger partial charge in [-0.05, 0) is 6.54 Å². The van der Waals surface area contributed by atoms with Crippen molar-refractivity contribution in [2.45, 2.75) is 6.92 Å². The maximum Gasteiger partial charge on any atom is 2.00 e. The summed E-state index contributed by atoms with van der Waals surface area (Å²) in [6, 6.07) is 0. The second kappa shape index (κ2) is 16.4. The number of carbonyl (C=O) groups excluding carboxylic acids is 1. The third-order valence-electron chi connectivity index (χ3n) is 0.249. The second-order valence-corrected chi connectivity index (χ2v) is 0.632. The van der Waals surface area contributed by atoms with Gasteiger partial charge in [0.25, 0.3) is 0 Å². The van der Waals surface area contributed by atoms with Gasteiger partial charge in [-0.1, -0.05) is 6.92 Å². The molecule has 0 aliphatic carbocycles. The van der Waals surface area contributed by atoms with Crippen molar-refractivity contribution in [1.29, 1.82) is 0 Å². The van der Waals surface area contributed by atoms with E-state index in [1.54, 1.807) is 0 Å². The first-order valence-corrected chi connectivity index (χ1v) is 1.51. The molecule has 0 radical (unpaired) electrons. The van der Waals surface area contributed by atoms with Gasteiger partial charge < -0.3 is 17.5 Å². The fourth-order valence-corrected chi connectivity index (χ4v) is 0.0722. The van der Waals surface area contributed by atoms with Gasteiger partial charge in [-0.2, -0.15) is 6.41 Å². The first-order chi connectivity index (χ1) is 2.41. The molecule has 0 aliphatic heterocycles. The van der Waals surface area contributed by atoms with Crippen LogP contribution in [-0.2, 0) is 25.9 Å². The standard InChI is InChI=1S/C3H6NO.CH3.W/c1-2-4-3-5;;/h2H2,1H3,(H,4,5);1H3;/q2*-1;+2. The third-order valence-corrected chi connectivity index (χ3v) is 0.249. The first kappa shape index (κ1) is 15.7. The van der Waals surface area contributed by atoms with Gasteiger partial charge in [-0.25, -0.2) is 0 Å². The zero-order valence-electron chi connectivity index (χ0n) is 4.52. The van der Waals surface area contributed by atoms with Crippen LogP contribution in [0.1, 0.15) is 6.92 Å². The summed E-state index contributed by atoms with van der Waals surface area (Å²) in [6.07, 6.45) is 1.52. The Bertz CT molecular complexity index is 32.9. The Morgan fingerprint density at radius 2 is 2.14 bits per heavy atom. The molecule has 0 saturated heterocycles. The summed E-state index contributed by atoms with van der Waals surface area (Å²) in [5.41, 5.74) is 0. The zero-order valence-corrected chi connectivity index (χ0v) is 7.46. The quantitative estimate of drug-likeness (QED) is 0.560. The molecule has 2 nitrogen and oxygen atoms in total. The molecule has 42 valence electrons. The molecule has 7 heavy (non-hydrogen) atoms. The van der Waals surface area contributed by atoms with Crippen LogP contribution in [0, 0.1) is 7.43 Å². The van der Waals surface area contributed by atoms with Gasteiger partial charge in [0.05, 0.1) is 0 Å². The largest absolute Gasteiger partial charge is 2.00 e. The molecule has 1 N–H and O–H groups in total. The maximum atomic E-state index is 9.17. The Hall–Kier alpha value is 0.158. The van der Waals surface area contributed by atoms with Crippen molar-refractivity contribution < 1.29 is 25.9 Å². The second-order valence-electron chi connectivity index (χ2n) is 0.632. The summed E-state index contributed by atoms with van der Waals surface area (Å²) in [5.74, 6) is 0. The van der Waals surface area contributed by atoms with Crippen LogP contribution in [-0.4, -0.2) is 13.0 Å². The Morgan fingerprint density at radius 3 is 2.14 bits per heavy atom. The van der Waals surface area contributed by atoms with E-state index in [0.29, 0.717) is 6.54 Å². The van der Waals surface area contributed by atoms with Crippen molar-refractivity contribution in [3.63, 3.8) is 0 Å². The zero-order chi connectivity index (χ0) is 4.12.